The van der Waals surface area contributed by atoms with Gasteiger partial charge < -0.3 is 15.2 Å². The van der Waals surface area contributed by atoms with Crippen molar-refractivity contribution in [2.45, 2.75) is 31.6 Å². The molecule has 0 fully saturated rings. The predicted octanol–water partition coefficient (Wildman–Crippen LogP) is 3.63. The summed E-state index contributed by atoms with van der Waals surface area (Å²) in [5.74, 6) is 0.353. The minimum absolute atomic E-state index is 0.0134. The third-order valence-electron chi connectivity index (χ3n) is 4.67. The summed E-state index contributed by atoms with van der Waals surface area (Å²) in [6.45, 7) is 1.99. The minimum atomic E-state index is -0.551. The van der Waals surface area contributed by atoms with E-state index in [4.69, 9.17) is 4.74 Å². The van der Waals surface area contributed by atoms with Crippen LogP contribution in [0.3, 0.4) is 0 Å². The van der Waals surface area contributed by atoms with Crippen LogP contribution < -0.4 is 10.1 Å². The number of benzene rings is 2. The average molecular weight is 311 g/mol. The van der Waals surface area contributed by atoms with Gasteiger partial charge in [0.15, 0.2) is 11.5 Å². The number of methoxy groups -OCH3 is 1. The lowest BCUT2D eigenvalue weighted by atomic mass is 9.70. The largest absolute Gasteiger partial charge is 0.504 e. The van der Waals surface area contributed by atoms with E-state index in [1.807, 2.05) is 25.1 Å². The number of phenolic OH excluding ortho intramolecular Hbond substituents is 1. The molecule has 0 saturated carbocycles. The van der Waals surface area contributed by atoms with Gasteiger partial charge in [-0.1, -0.05) is 24.3 Å². The molecule has 3 rings (SSSR count). The van der Waals surface area contributed by atoms with Crippen LogP contribution in [-0.4, -0.2) is 18.1 Å². The van der Waals surface area contributed by atoms with Crippen LogP contribution in [0.4, 0.5) is 5.69 Å². The van der Waals surface area contributed by atoms with Gasteiger partial charge in [-0.3, -0.25) is 4.79 Å². The predicted molar refractivity (Wildman–Crippen MR) is 90.0 cm³/mol. The lowest BCUT2D eigenvalue weighted by Gasteiger charge is -2.34. The molecular formula is C19H21NO3. The van der Waals surface area contributed by atoms with Gasteiger partial charge in [-0.25, -0.2) is 0 Å². The van der Waals surface area contributed by atoms with Crippen LogP contribution >= 0.6 is 0 Å². The molecule has 1 atom stereocenters. The molecule has 0 saturated heterocycles. The Hall–Kier alpha value is -2.49. The van der Waals surface area contributed by atoms with Crippen molar-refractivity contribution < 1.29 is 14.6 Å². The van der Waals surface area contributed by atoms with Crippen molar-refractivity contribution in [3.8, 4) is 11.5 Å². The molecule has 1 aliphatic carbocycles. The van der Waals surface area contributed by atoms with E-state index >= 15 is 0 Å². The highest BCUT2D eigenvalue weighted by atomic mass is 16.5. The zero-order valence-corrected chi connectivity index (χ0v) is 13.4. The van der Waals surface area contributed by atoms with E-state index in [1.165, 1.54) is 18.7 Å². The van der Waals surface area contributed by atoms with Gasteiger partial charge in [-0.2, -0.15) is 0 Å². The number of phenols is 1. The van der Waals surface area contributed by atoms with Crippen LogP contribution in [0.5, 0.6) is 11.5 Å². The number of aryl methyl sites for hydroxylation is 1. The van der Waals surface area contributed by atoms with Crippen LogP contribution in [0.15, 0.2) is 42.5 Å². The lowest BCUT2D eigenvalue weighted by Crippen LogP contribution is -2.40. The van der Waals surface area contributed by atoms with E-state index < -0.39 is 5.41 Å². The first-order chi connectivity index (χ1) is 11.0. The van der Waals surface area contributed by atoms with E-state index in [0.717, 1.165) is 24.8 Å². The maximum Gasteiger partial charge on any atom is 0.234 e. The molecule has 2 aromatic rings. The molecule has 0 aromatic heterocycles. The van der Waals surface area contributed by atoms with Crippen LogP contribution in [0.25, 0.3) is 0 Å². The maximum atomic E-state index is 12.9. The second-order valence-corrected chi connectivity index (χ2v) is 6.18. The molecule has 0 bridgehead atoms. The first-order valence-corrected chi connectivity index (χ1v) is 7.81. The zero-order valence-electron chi connectivity index (χ0n) is 13.4. The third-order valence-corrected chi connectivity index (χ3v) is 4.67. The maximum absolute atomic E-state index is 12.9. The van der Waals surface area contributed by atoms with Gasteiger partial charge >= 0.3 is 0 Å². The van der Waals surface area contributed by atoms with Crippen molar-refractivity contribution in [3.05, 3.63) is 53.6 Å². The van der Waals surface area contributed by atoms with E-state index in [1.54, 1.807) is 12.1 Å². The molecule has 1 amide bonds. The molecule has 120 valence electrons. The van der Waals surface area contributed by atoms with Crippen molar-refractivity contribution in [2.24, 2.45) is 0 Å². The van der Waals surface area contributed by atoms with Crippen LogP contribution in [-0.2, 0) is 16.6 Å². The van der Waals surface area contributed by atoms with E-state index in [-0.39, 0.29) is 11.7 Å². The second kappa shape index (κ2) is 5.95. The Balaban J connectivity index is 1.87. The molecule has 0 spiro atoms. The molecule has 0 aliphatic heterocycles. The Morgan fingerprint density at radius 1 is 1.26 bits per heavy atom. The first-order valence-electron chi connectivity index (χ1n) is 7.81. The fourth-order valence-electron chi connectivity index (χ4n) is 3.32. The monoisotopic (exact) mass is 311 g/mol. The average Bonchev–Trinajstić information content (AvgIpc) is 2.55. The van der Waals surface area contributed by atoms with Gasteiger partial charge in [0.05, 0.1) is 12.5 Å². The number of fused-ring (bicyclic) bond motifs is 1. The molecule has 0 radical (unpaired) electrons. The first kappa shape index (κ1) is 15.4. The molecule has 4 nitrogen and oxygen atoms in total. The molecule has 4 heteroatoms. The Morgan fingerprint density at radius 2 is 2.04 bits per heavy atom. The third kappa shape index (κ3) is 2.77. The van der Waals surface area contributed by atoms with Crippen molar-refractivity contribution in [3.63, 3.8) is 0 Å². The topological polar surface area (TPSA) is 58.6 Å². The number of hydrogen-bond donors (Lipinski definition) is 2. The number of nitrogens with one attached hydrogen (secondary N) is 1. The highest BCUT2D eigenvalue weighted by molar-refractivity contribution is 5.99. The van der Waals surface area contributed by atoms with E-state index in [0.29, 0.717) is 11.4 Å². The van der Waals surface area contributed by atoms with E-state index in [9.17, 15) is 9.90 Å². The van der Waals surface area contributed by atoms with E-state index in [2.05, 4.69) is 11.4 Å². The van der Waals surface area contributed by atoms with Crippen molar-refractivity contribution >= 4 is 11.6 Å². The number of rotatable bonds is 3. The fraction of sp³-hybridized carbons (Fsp3) is 0.316. The summed E-state index contributed by atoms with van der Waals surface area (Å²) in [5, 5.41) is 12.8. The number of carbonyl (C=O) groups excluding carboxylic acids is 1. The van der Waals surface area contributed by atoms with Crippen molar-refractivity contribution in [1.82, 2.24) is 0 Å². The number of hydrogen-bond acceptors (Lipinski definition) is 3. The summed E-state index contributed by atoms with van der Waals surface area (Å²) in [4.78, 5) is 12.9. The van der Waals surface area contributed by atoms with Gasteiger partial charge in [0, 0.05) is 11.8 Å². The molecule has 1 unspecified atom stereocenters. The standard InChI is InChI=1S/C19H21NO3/c1-19(11-5-7-13-6-3-4-8-15(13)19)18(22)20-14-9-10-17(23-2)16(21)12-14/h3-4,6,8-10,12,21H,5,7,11H2,1-2H3,(H,20,22). The number of carbonyl (C=O) groups is 1. The molecular weight excluding hydrogens is 290 g/mol. The van der Waals surface area contributed by atoms with Crippen molar-refractivity contribution in [2.75, 3.05) is 12.4 Å². The van der Waals surface area contributed by atoms with Crippen LogP contribution in [0.1, 0.15) is 30.9 Å². The van der Waals surface area contributed by atoms with Gasteiger partial charge in [-0.05, 0) is 49.4 Å². The zero-order chi connectivity index (χ0) is 16.4. The smallest absolute Gasteiger partial charge is 0.234 e. The Bertz CT molecular complexity index is 741. The lowest BCUT2D eigenvalue weighted by molar-refractivity contribution is -0.121. The molecule has 2 aromatic carbocycles. The number of amides is 1. The minimum Gasteiger partial charge on any atom is -0.504 e. The summed E-state index contributed by atoms with van der Waals surface area (Å²) in [6.07, 6.45) is 2.83. The quantitative estimate of drug-likeness (QED) is 0.910. The van der Waals surface area contributed by atoms with Crippen LogP contribution in [0.2, 0.25) is 0 Å². The fourth-order valence-corrected chi connectivity index (χ4v) is 3.32. The second-order valence-electron chi connectivity index (χ2n) is 6.18. The number of aromatic hydroxyl groups is 1. The summed E-state index contributed by atoms with van der Waals surface area (Å²) in [7, 11) is 1.49. The SMILES string of the molecule is COc1ccc(NC(=O)C2(C)CCCc3ccccc32)cc1O. The molecule has 2 N–H and O–H groups in total. The molecule has 0 heterocycles. The summed E-state index contributed by atoms with van der Waals surface area (Å²) in [6, 6.07) is 13.0. The Morgan fingerprint density at radius 3 is 2.78 bits per heavy atom. The molecule has 23 heavy (non-hydrogen) atoms. The highest BCUT2D eigenvalue weighted by Gasteiger charge is 2.38. The van der Waals surface area contributed by atoms with Gasteiger partial charge in [0.2, 0.25) is 5.91 Å². The molecule has 1 aliphatic rings. The Labute approximate surface area is 136 Å². The number of ether oxygens (including phenoxy) is 1. The summed E-state index contributed by atoms with van der Waals surface area (Å²) < 4.78 is 5.02. The summed E-state index contributed by atoms with van der Waals surface area (Å²) >= 11 is 0. The summed E-state index contributed by atoms with van der Waals surface area (Å²) in [5.41, 5.74) is 2.36. The van der Waals surface area contributed by atoms with Gasteiger partial charge in [0.1, 0.15) is 0 Å². The van der Waals surface area contributed by atoms with Crippen molar-refractivity contribution in [1.29, 1.82) is 0 Å². The van der Waals surface area contributed by atoms with Crippen LogP contribution in [0, 0.1) is 0 Å². The number of anilines is 1. The van der Waals surface area contributed by atoms with Gasteiger partial charge in [0.25, 0.3) is 0 Å². The Kier molecular flexibility index (Phi) is 3.99. The highest BCUT2D eigenvalue weighted by Crippen LogP contribution is 2.38. The normalized spacial score (nSPS) is 19.7. The van der Waals surface area contributed by atoms with Gasteiger partial charge in [-0.15, -0.1) is 0 Å².